The van der Waals surface area contributed by atoms with Gasteiger partial charge in [-0.2, -0.15) is 0 Å². The summed E-state index contributed by atoms with van der Waals surface area (Å²) < 4.78 is 0. The fourth-order valence-electron chi connectivity index (χ4n) is 0.618. The molecule has 0 aliphatic carbocycles. The van der Waals surface area contributed by atoms with Crippen molar-refractivity contribution in [3.63, 3.8) is 0 Å². The fraction of sp³-hybridized carbons (Fsp3) is 0.833. The number of aliphatic hydroxyl groups excluding tert-OH is 5. The van der Waals surface area contributed by atoms with Crippen LogP contribution in [0.1, 0.15) is 0 Å². The quantitative estimate of drug-likeness (QED) is 0.231. The molecule has 13 heavy (non-hydrogen) atoms. The van der Waals surface area contributed by atoms with Gasteiger partial charge in [-0.05, 0) is 0 Å². The maximum absolute atomic E-state index is 9.90. The first-order valence-corrected chi connectivity index (χ1v) is 3.33. The van der Waals surface area contributed by atoms with Gasteiger partial charge in [0.25, 0.3) is 0 Å². The average molecular weight is 203 g/mol. The van der Waals surface area contributed by atoms with E-state index in [4.69, 9.17) is 25.5 Å². The van der Waals surface area contributed by atoms with E-state index in [0.717, 1.165) is 0 Å². The van der Waals surface area contributed by atoms with Crippen LogP contribution >= 0.6 is 0 Å². The largest absolute Gasteiger partial charge is 0.394 e. The van der Waals surface area contributed by atoms with E-state index in [2.05, 4.69) is 0 Å². The minimum Gasteiger partial charge on any atom is -0.394 e. The number of hydrogen-bond acceptors (Lipinski definition) is 6. The monoisotopic (exact) mass is 203 g/mol. The second-order valence-electron chi connectivity index (χ2n) is 2.36. The molecule has 7 heteroatoms. The van der Waals surface area contributed by atoms with Gasteiger partial charge in [-0.15, -0.1) is 0 Å². The summed E-state index contributed by atoms with van der Waals surface area (Å²) in [6, 6.07) is 0. The minimum absolute atomic E-state index is 0. The molecule has 73 valence electrons. The zero-order valence-corrected chi connectivity index (χ0v) is 9.24. The van der Waals surface area contributed by atoms with Gasteiger partial charge in [0.15, 0.2) is 6.29 Å². The number of aldehydes is 1. The first-order chi connectivity index (χ1) is 5.54. The second-order valence-corrected chi connectivity index (χ2v) is 2.36. The van der Waals surface area contributed by atoms with E-state index >= 15 is 0 Å². The molecule has 0 saturated heterocycles. The van der Waals surface area contributed by atoms with Gasteiger partial charge in [-0.1, -0.05) is 0 Å². The van der Waals surface area contributed by atoms with Gasteiger partial charge >= 0.3 is 0 Å². The van der Waals surface area contributed by atoms with E-state index in [1.54, 1.807) is 0 Å². The topological polar surface area (TPSA) is 118 Å². The van der Waals surface area contributed by atoms with Crippen molar-refractivity contribution in [1.82, 2.24) is 0 Å². The smallest absolute Gasteiger partial charge is 0.151 e. The summed E-state index contributed by atoms with van der Waals surface area (Å²) in [6.07, 6.45) is -6.84. The third kappa shape index (κ3) is 5.04. The van der Waals surface area contributed by atoms with Crippen LogP contribution in [0.15, 0.2) is 0 Å². The molecule has 0 aromatic heterocycles. The van der Waals surface area contributed by atoms with Crippen LogP contribution < -0.4 is 0 Å². The van der Waals surface area contributed by atoms with E-state index in [1.165, 1.54) is 0 Å². The Bertz CT molecular complexity index is 143. The molecule has 0 aromatic rings. The molecule has 5 N–H and O–H groups in total. The maximum Gasteiger partial charge on any atom is 0.151 e. The molecule has 1 radical (unpaired) electrons. The van der Waals surface area contributed by atoms with E-state index in [-0.39, 0.29) is 35.8 Å². The summed E-state index contributed by atoms with van der Waals surface area (Å²) in [6.45, 7) is -0.760. The Kier molecular flexibility index (Phi) is 9.60. The van der Waals surface area contributed by atoms with Crippen LogP contribution in [0, 0.1) is 0 Å². The summed E-state index contributed by atoms with van der Waals surface area (Å²) in [4.78, 5) is 9.90. The van der Waals surface area contributed by atoms with Crippen molar-refractivity contribution in [3.05, 3.63) is 0 Å². The number of carbonyl (C=O) groups excluding carboxylic acids is 1. The molecule has 0 aliphatic heterocycles. The Morgan fingerprint density at radius 1 is 1.08 bits per heavy atom. The average Bonchev–Trinajstić information content (AvgIpc) is 2.12. The van der Waals surface area contributed by atoms with Gasteiger partial charge in [0, 0.05) is 29.6 Å². The molecule has 0 unspecified atom stereocenters. The first kappa shape index (κ1) is 15.9. The van der Waals surface area contributed by atoms with E-state index in [0.29, 0.717) is 0 Å². The van der Waals surface area contributed by atoms with Crippen molar-refractivity contribution in [2.45, 2.75) is 24.4 Å². The summed E-state index contributed by atoms with van der Waals surface area (Å²) in [5.74, 6) is 0. The molecule has 0 saturated carbocycles. The third-order valence-corrected chi connectivity index (χ3v) is 1.42. The molecule has 0 bridgehead atoms. The SMILES string of the molecule is O=C[C@@H](O)[C@@H](O)[C@@H](O)[C@H](O)CO.[Na]. The van der Waals surface area contributed by atoms with Crippen molar-refractivity contribution in [2.24, 2.45) is 0 Å². The number of hydrogen-bond donors (Lipinski definition) is 5. The Morgan fingerprint density at radius 2 is 1.54 bits per heavy atom. The van der Waals surface area contributed by atoms with Crippen LogP contribution in [-0.2, 0) is 4.79 Å². The molecule has 6 nitrogen and oxygen atoms in total. The maximum atomic E-state index is 9.90. The molecule has 0 spiro atoms. The molecular formula is C6H12NaO6. The number of carbonyl (C=O) groups is 1. The van der Waals surface area contributed by atoms with Gasteiger partial charge in [0.1, 0.15) is 24.4 Å². The van der Waals surface area contributed by atoms with E-state index < -0.39 is 31.0 Å². The van der Waals surface area contributed by atoms with E-state index in [9.17, 15) is 4.79 Å². The van der Waals surface area contributed by atoms with Gasteiger partial charge in [0.2, 0.25) is 0 Å². The molecule has 0 aromatic carbocycles. The Hall–Kier alpha value is 0.470. The standard InChI is InChI=1S/C6H12O6.Na/c7-1-3(9)5(11)6(12)4(10)2-8;/h1,3-6,8-12H,2H2;/t3-,4-,5-,6+;/m1./s1. The van der Waals surface area contributed by atoms with Crippen LogP contribution in [0.2, 0.25) is 0 Å². The van der Waals surface area contributed by atoms with Crippen molar-refractivity contribution in [1.29, 1.82) is 0 Å². The van der Waals surface area contributed by atoms with Crippen molar-refractivity contribution >= 4 is 35.8 Å². The minimum atomic E-state index is -1.79. The third-order valence-electron chi connectivity index (χ3n) is 1.42. The predicted octanol–water partition coefficient (Wildman–Crippen LogP) is -3.76. The molecule has 0 aliphatic rings. The summed E-state index contributed by atoms with van der Waals surface area (Å²) in [7, 11) is 0. The zero-order valence-electron chi connectivity index (χ0n) is 7.24. The van der Waals surface area contributed by atoms with Crippen molar-refractivity contribution in [2.75, 3.05) is 6.61 Å². The molecule has 0 fully saturated rings. The number of aliphatic hydroxyl groups is 5. The molecular weight excluding hydrogens is 191 g/mol. The molecule has 0 rings (SSSR count). The Balaban J connectivity index is 0. The van der Waals surface area contributed by atoms with Crippen LogP contribution in [0.25, 0.3) is 0 Å². The van der Waals surface area contributed by atoms with Crippen LogP contribution in [-0.4, -0.2) is 92.4 Å². The first-order valence-electron chi connectivity index (χ1n) is 3.33. The second kappa shape index (κ2) is 7.84. The van der Waals surface area contributed by atoms with Crippen LogP contribution in [0.4, 0.5) is 0 Å². The zero-order chi connectivity index (χ0) is 9.72. The Morgan fingerprint density at radius 3 is 1.85 bits per heavy atom. The van der Waals surface area contributed by atoms with Gasteiger partial charge < -0.3 is 30.3 Å². The van der Waals surface area contributed by atoms with Gasteiger partial charge in [0.05, 0.1) is 6.61 Å². The van der Waals surface area contributed by atoms with Gasteiger partial charge in [-0.25, -0.2) is 0 Å². The van der Waals surface area contributed by atoms with Crippen LogP contribution in [0.5, 0.6) is 0 Å². The van der Waals surface area contributed by atoms with Crippen molar-refractivity contribution < 1.29 is 30.3 Å². The van der Waals surface area contributed by atoms with Crippen LogP contribution in [0.3, 0.4) is 0 Å². The van der Waals surface area contributed by atoms with Crippen molar-refractivity contribution in [3.8, 4) is 0 Å². The Labute approximate surface area is 97.1 Å². The molecule has 0 heterocycles. The van der Waals surface area contributed by atoms with Gasteiger partial charge in [-0.3, -0.25) is 0 Å². The molecule has 4 atom stereocenters. The summed E-state index contributed by atoms with van der Waals surface area (Å²) in [5.41, 5.74) is 0. The summed E-state index contributed by atoms with van der Waals surface area (Å²) in [5, 5.41) is 43.5. The fourth-order valence-corrected chi connectivity index (χ4v) is 0.618. The van der Waals surface area contributed by atoms with E-state index in [1.807, 2.05) is 0 Å². The predicted molar refractivity (Wildman–Crippen MR) is 42.9 cm³/mol. The number of rotatable bonds is 5. The normalized spacial score (nSPS) is 19.5. The summed E-state index contributed by atoms with van der Waals surface area (Å²) >= 11 is 0. The molecule has 0 amide bonds.